The summed E-state index contributed by atoms with van der Waals surface area (Å²) in [5, 5.41) is -0.834. The van der Waals surface area contributed by atoms with Crippen molar-refractivity contribution in [1.29, 1.82) is 0 Å². The number of aromatic nitrogens is 1. The first-order chi connectivity index (χ1) is 6.60. The highest BCUT2D eigenvalue weighted by Gasteiger charge is 2.35. The number of pyridine rings is 1. The van der Waals surface area contributed by atoms with Crippen LogP contribution in [0.1, 0.15) is 5.69 Å². The van der Waals surface area contributed by atoms with E-state index < -0.39 is 29.5 Å². The summed E-state index contributed by atoms with van der Waals surface area (Å²) in [6, 6.07) is 0.294. The number of hydrogen-bond acceptors (Lipinski definition) is 1. The zero-order valence-electron chi connectivity index (χ0n) is 6.83. The Kier molecular flexibility index (Phi) is 2.91. The molecule has 0 aliphatic rings. The Morgan fingerprint density at radius 1 is 1.13 bits per heavy atom. The quantitative estimate of drug-likeness (QED) is 0.423. The monoisotopic (exact) mass is 248 g/mol. The summed E-state index contributed by atoms with van der Waals surface area (Å²) in [5.41, 5.74) is -3.06. The molecule has 0 aromatic carbocycles. The van der Waals surface area contributed by atoms with Crippen LogP contribution in [0.5, 0.6) is 0 Å². The van der Waals surface area contributed by atoms with E-state index in [1.165, 1.54) is 0 Å². The molecule has 0 fully saturated rings. The summed E-state index contributed by atoms with van der Waals surface area (Å²) in [6.45, 7) is -5.52. The van der Waals surface area contributed by atoms with Crippen LogP contribution in [0.15, 0.2) is 12.1 Å². The third-order valence-corrected chi connectivity index (χ3v) is 1.68. The smallest absolute Gasteiger partial charge is 0.445 e. The lowest BCUT2D eigenvalue weighted by atomic mass is 9.80. The molecule has 0 aliphatic heterocycles. The van der Waals surface area contributed by atoms with E-state index in [9.17, 15) is 26.1 Å². The Balaban J connectivity index is 3.30. The van der Waals surface area contributed by atoms with Gasteiger partial charge < -0.3 is 12.9 Å². The minimum atomic E-state index is -5.52. The Bertz CT molecular complexity index is 341. The average molecular weight is 248 g/mol. The molecule has 1 aromatic rings. The largest absolute Gasteiger partial charge is 0.509 e. The van der Waals surface area contributed by atoms with Gasteiger partial charge in [0.1, 0.15) is 10.8 Å². The molecule has 0 spiro atoms. The molecule has 0 atom stereocenters. The third-order valence-electron chi connectivity index (χ3n) is 1.48. The molecule has 15 heavy (non-hydrogen) atoms. The maximum atomic E-state index is 12.1. The molecule has 0 saturated carbocycles. The van der Waals surface area contributed by atoms with Gasteiger partial charge in [-0.25, -0.2) is 4.98 Å². The van der Waals surface area contributed by atoms with Gasteiger partial charge in [-0.3, -0.25) is 0 Å². The maximum absolute atomic E-state index is 12.1. The molecule has 1 rings (SSSR count). The van der Waals surface area contributed by atoms with Crippen LogP contribution in [-0.4, -0.2) is 12.0 Å². The van der Waals surface area contributed by atoms with Crippen molar-refractivity contribution < 1.29 is 26.1 Å². The Morgan fingerprint density at radius 2 is 1.67 bits per heavy atom. The number of nitrogens with zero attached hydrogens (tertiary/aromatic N) is 1. The van der Waals surface area contributed by atoms with Crippen molar-refractivity contribution in [2.24, 2.45) is 0 Å². The summed E-state index contributed by atoms with van der Waals surface area (Å²) in [4.78, 5) is 2.77. The molecule has 9 heteroatoms. The minimum Gasteiger partial charge on any atom is -0.445 e. The van der Waals surface area contributed by atoms with E-state index in [4.69, 9.17) is 11.6 Å². The van der Waals surface area contributed by atoms with Crippen LogP contribution in [0.4, 0.5) is 26.1 Å². The van der Waals surface area contributed by atoms with Crippen molar-refractivity contribution in [3.8, 4) is 0 Å². The molecule has 0 amide bonds. The van der Waals surface area contributed by atoms with E-state index in [2.05, 4.69) is 4.98 Å². The number of alkyl halides is 3. The number of hydrogen-bond donors (Lipinski definition) is 0. The van der Waals surface area contributed by atoms with Gasteiger partial charge in [0.05, 0.1) is 0 Å². The van der Waals surface area contributed by atoms with E-state index in [0.717, 1.165) is 0 Å². The van der Waals surface area contributed by atoms with E-state index in [1.807, 2.05) is 0 Å². The maximum Gasteiger partial charge on any atom is 0.509 e. The molecule has 0 saturated heterocycles. The van der Waals surface area contributed by atoms with Gasteiger partial charge in [-0.15, -0.1) is 5.46 Å². The van der Waals surface area contributed by atoms with Gasteiger partial charge in [-0.1, -0.05) is 23.7 Å². The first kappa shape index (κ1) is 12.2. The van der Waals surface area contributed by atoms with Crippen LogP contribution in [0.25, 0.3) is 0 Å². The second-order valence-electron chi connectivity index (χ2n) is 2.68. The molecule has 0 aliphatic carbocycles. The molecule has 1 aromatic heterocycles. The molecule has 0 N–H and O–H groups in total. The fraction of sp³-hybridized carbons (Fsp3) is 0.167. The highest BCUT2D eigenvalue weighted by atomic mass is 35.5. The SMILES string of the molecule is F[B-](F)(F)c1cc(Cl)nc(C(F)(F)F)c1. The fourth-order valence-corrected chi connectivity index (χ4v) is 1.07. The second kappa shape index (κ2) is 3.59. The zero-order chi connectivity index (χ0) is 11.9. The van der Waals surface area contributed by atoms with Gasteiger partial charge in [0.15, 0.2) is 0 Å². The van der Waals surface area contributed by atoms with Gasteiger partial charge in [-0.2, -0.15) is 13.2 Å². The van der Waals surface area contributed by atoms with Crippen molar-refractivity contribution in [3.05, 3.63) is 23.0 Å². The number of rotatable bonds is 1. The molecule has 84 valence electrons. The van der Waals surface area contributed by atoms with Gasteiger partial charge in [0.2, 0.25) is 0 Å². The summed E-state index contributed by atoms with van der Waals surface area (Å²) >= 11 is 5.06. The van der Waals surface area contributed by atoms with Crippen molar-refractivity contribution in [2.75, 3.05) is 0 Å². The first-order valence-electron chi connectivity index (χ1n) is 3.55. The van der Waals surface area contributed by atoms with Crippen LogP contribution in [0.2, 0.25) is 5.15 Å². The topological polar surface area (TPSA) is 12.9 Å². The molecular weight excluding hydrogens is 246 g/mol. The van der Waals surface area contributed by atoms with Crippen molar-refractivity contribution in [1.82, 2.24) is 4.98 Å². The highest BCUT2D eigenvalue weighted by Crippen LogP contribution is 2.28. The summed E-state index contributed by atoms with van der Waals surface area (Å²) in [6.07, 6.45) is -4.94. The standard InChI is InChI=1S/C6H2BClF6N/c8-5-2-3(7(12,13)14)1-4(15-5)6(9,10)11/h1-2H/q-1. The third kappa shape index (κ3) is 3.02. The summed E-state index contributed by atoms with van der Waals surface area (Å²) in [5.74, 6) is 0. The van der Waals surface area contributed by atoms with Crippen LogP contribution in [-0.2, 0) is 6.18 Å². The fourth-order valence-electron chi connectivity index (χ4n) is 0.851. The molecule has 1 heterocycles. The van der Waals surface area contributed by atoms with Crippen molar-refractivity contribution in [3.63, 3.8) is 0 Å². The molecular formula is C6H2BClF6N-. The number of halogens is 7. The lowest BCUT2D eigenvalue weighted by molar-refractivity contribution is -0.141. The van der Waals surface area contributed by atoms with Crippen LogP contribution >= 0.6 is 11.6 Å². The Morgan fingerprint density at radius 3 is 2.07 bits per heavy atom. The van der Waals surface area contributed by atoms with E-state index in [-0.39, 0.29) is 6.07 Å². The normalized spacial score (nSPS) is 13.0. The lowest BCUT2D eigenvalue weighted by Gasteiger charge is -2.16. The highest BCUT2D eigenvalue weighted by molar-refractivity contribution is 6.73. The lowest BCUT2D eigenvalue weighted by Crippen LogP contribution is -2.35. The predicted molar refractivity (Wildman–Crippen MR) is 43.0 cm³/mol. The van der Waals surface area contributed by atoms with Crippen LogP contribution < -0.4 is 5.46 Å². The summed E-state index contributed by atoms with van der Waals surface area (Å²) < 4.78 is 72.6. The van der Waals surface area contributed by atoms with E-state index in [0.29, 0.717) is 6.07 Å². The van der Waals surface area contributed by atoms with Crippen LogP contribution in [0.3, 0.4) is 0 Å². The summed E-state index contributed by atoms with van der Waals surface area (Å²) in [7, 11) is 0. The first-order valence-corrected chi connectivity index (χ1v) is 3.93. The average Bonchev–Trinajstić information content (AvgIpc) is 1.99. The van der Waals surface area contributed by atoms with Crippen molar-refractivity contribution >= 4 is 24.0 Å². The molecule has 0 bridgehead atoms. The zero-order valence-corrected chi connectivity index (χ0v) is 7.58. The van der Waals surface area contributed by atoms with Gasteiger partial charge in [0, 0.05) is 0 Å². The van der Waals surface area contributed by atoms with Gasteiger partial charge in [-0.05, 0) is 0 Å². The Hall–Kier alpha value is -0.915. The Labute approximate surface area is 85.1 Å². The molecule has 1 nitrogen and oxygen atoms in total. The molecule has 0 radical (unpaired) electrons. The minimum absolute atomic E-state index is 0.0636. The van der Waals surface area contributed by atoms with Gasteiger partial charge >= 0.3 is 13.2 Å². The van der Waals surface area contributed by atoms with Crippen molar-refractivity contribution in [2.45, 2.75) is 6.18 Å². The molecule has 0 unspecified atom stereocenters. The van der Waals surface area contributed by atoms with Crippen LogP contribution in [0, 0.1) is 0 Å². The van der Waals surface area contributed by atoms with E-state index >= 15 is 0 Å². The second-order valence-corrected chi connectivity index (χ2v) is 3.07. The van der Waals surface area contributed by atoms with E-state index in [1.54, 1.807) is 0 Å². The van der Waals surface area contributed by atoms with Gasteiger partial charge in [0.25, 0.3) is 0 Å². The predicted octanol–water partition coefficient (Wildman–Crippen LogP) is 2.81.